The molecule has 1 aliphatic carbocycles. The number of methoxy groups -OCH3 is 3. The number of carbonyl (C=O) groups is 5. The summed E-state index contributed by atoms with van der Waals surface area (Å²) in [5, 5.41) is 35.2. The zero-order chi connectivity index (χ0) is 50.0. The molecule has 3 fully saturated rings. The molecule has 68 heavy (non-hydrogen) atoms. The van der Waals surface area contributed by atoms with Crippen LogP contribution in [0, 0.1) is 39.7 Å². The molecule has 1 aromatic carbocycles. The number of ketones is 3. The molecule has 17 heteroatoms. The standard InChI is InChI=1S/C51H74N2O15/c1-10-35-21-29(2)20-30(3)22-44(64-8)47-45(65-9)24-32(5)51(60,68-47)48(57)49(58)52-19-12-11-16-38(52)50(59)67-46(33(6)39(54)27-40(35)55)31(4)23-34-17-18-42(43(25-34)63-7)66-28-41(56)36-14-13-15-37(26-36)53(61)62/h13-15,21,23,26,30,32-35,38-39,42-47,54,60H,10-12,16-20,22,24-25,27-28H2,1-9H3/b29-21+,31-23?. The lowest BCUT2D eigenvalue weighted by atomic mass is 9.81. The first-order valence-electron chi connectivity index (χ1n) is 24.3. The molecule has 3 heterocycles. The number of nitro benzene ring substituents is 1. The lowest BCUT2D eigenvalue weighted by Crippen LogP contribution is -2.64. The van der Waals surface area contributed by atoms with Gasteiger partial charge in [-0.3, -0.25) is 29.3 Å². The fraction of sp³-hybridized carbons (Fsp3) is 0.706. The first-order valence-corrected chi connectivity index (χ1v) is 24.3. The van der Waals surface area contributed by atoms with Gasteiger partial charge in [0.15, 0.2) is 5.78 Å². The molecule has 0 radical (unpaired) electrons. The zero-order valence-electron chi connectivity index (χ0n) is 41.3. The van der Waals surface area contributed by atoms with Gasteiger partial charge >= 0.3 is 5.97 Å². The molecular weight excluding hydrogens is 881 g/mol. The molecule has 3 aliphatic heterocycles. The van der Waals surface area contributed by atoms with E-state index in [1.54, 1.807) is 27.9 Å². The number of allylic oxidation sites excluding steroid dienone is 3. The van der Waals surface area contributed by atoms with Crippen molar-refractivity contribution in [3.8, 4) is 0 Å². The highest BCUT2D eigenvalue weighted by Crippen LogP contribution is 2.39. The van der Waals surface area contributed by atoms with Crippen molar-refractivity contribution in [3.63, 3.8) is 0 Å². The molecule has 378 valence electrons. The number of aliphatic hydroxyl groups is 2. The van der Waals surface area contributed by atoms with Crippen LogP contribution < -0.4 is 0 Å². The minimum atomic E-state index is -2.54. The first-order chi connectivity index (χ1) is 32.3. The molecule has 4 aliphatic rings. The number of nitro groups is 1. The quantitative estimate of drug-likeness (QED) is 0.0621. The SMILES string of the molecule is CCC1/C=C(\C)CC(C)CC(OC)C2OC(O)(C(=O)C(=O)N3CCCCC3C(=O)OC(C(C)=CC3CCC(OCC(=O)c4cccc([N+](=O)[O-])c4)C(OC)C3)C(C)C(O)CC1=O)C(C)CC2OC. The number of fused-ring (bicyclic) bond motifs is 3. The molecule has 1 aromatic rings. The van der Waals surface area contributed by atoms with Crippen molar-refractivity contribution < 1.29 is 67.5 Å². The topological polar surface area (TPSA) is 228 Å². The zero-order valence-corrected chi connectivity index (χ0v) is 41.3. The van der Waals surface area contributed by atoms with Gasteiger partial charge in [-0.25, -0.2) is 4.79 Å². The summed E-state index contributed by atoms with van der Waals surface area (Å²) in [6, 6.07) is 4.28. The van der Waals surface area contributed by atoms with Crippen LogP contribution in [0.5, 0.6) is 0 Å². The number of non-ortho nitro benzene ring substituents is 1. The van der Waals surface area contributed by atoms with E-state index >= 15 is 0 Å². The lowest BCUT2D eigenvalue weighted by molar-refractivity contribution is -0.384. The van der Waals surface area contributed by atoms with Crippen LogP contribution in [0.1, 0.15) is 123 Å². The number of hydrogen-bond acceptors (Lipinski definition) is 15. The lowest BCUT2D eigenvalue weighted by Gasteiger charge is -2.47. The molecule has 14 unspecified atom stereocenters. The molecule has 0 spiro atoms. The van der Waals surface area contributed by atoms with Gasteiger partial charge in [-0.2, -0.15) is 0 Å². The highest BCUT2D eigenvalue weighted by atomic mass is 16.7. The highest BCUT2D eigenvalue weighted by Gasteiger charge is 2.56. The van der Waals surface area contributed by atoms with Crippen molar-refractivity contribution in [2.24, 2.45) is 29.6 Å². The maximum atomic E-state index is 14.5. The molecule has 2 bridgehead atoms. The number of Topliss-reactive ketones (excluding diaryl/α,β-unsaturated/α-hetero) is 3. The van der Waals surface area contributed by atoms with Crippen LogP contribution in [0.3, 0.4) is 0 Å². The summed E-state index contributed by atoms with van der Waals surface area (Å²) in [4.78, 5) is 82.0. The Morgan fingerprint density at radius 1 is 0.956 bits per heavy atom. The van der Waals surface area contributed by atoms with E-state index in [1.807, 2.05) is 32.9 Å². The molecule has 1 amide bonds. The third-order valence-electron chi connectivity index (χ3n) is 14.7. The summed E-state index contributed by atoms with van der Waals surface area (Å²) in [5.74, 6) is -8.43. The predicted molar refractivity (Wildman–Crippen MR) is 249 cm³/mol. The predicted octanol–water partition coefficient (Wildman–Crippen LogP) is 6.29. The van der Waals surface area contributed by atoms with Gasteiger partial charge < -0.3 is 43.5 Å². The molecular formula is C51H74N2O15. The van der Waals surface area contributed by atoms with Crippen molar-refractivity contribution >= 4 is 34.9 Å². The van der Waals surface area contributed by atoms with Crippen LogP contribution in [0.2, 0.25) is 0 Å². The van der Waals surface area contributed by atoms with Crippen LogP contribution in [0.4, 0.5) is 5.69 Å². The molecule has 5 rings (SSSR count). The number of cyclic esters (lactones) is 1. The third kappa shape index (κ3) is 13.1. The number of aliphatic hydroxyl groups excluding tert-OH is 1. The van der Waals surface area contributed by atoms with Crippen molar-refractivity contribution in [2.75, 3.05) is 34.5 Å². The second-order valence-electron chi connectivity index (χ2n) is 19.7. The number of carbonyl (C=O) groups excluding carboxylic acids is 5. The van der Waals surface area contributed by atoms with E-state index in [4.69, 9.17) is 28.4 Å². The van der Waals surface area contributed by atoms with Crippen molar-refractivity contribution in [2.45, 2.75) is 167 Å². The van der Waals surface area contributed by atoms with Crippen LogP contribution in [-0.2, 0) is 47.6 Å². The number of nitrogens with zero attached hydrogens (tertiary/aromatic N) is 2. The Bertz CT molecular complexity index is 2020. The molecule has 2 saturated heterocycles. The van der Waals surface area contributed by atoms with Gasteiger partial charge in [0.2, 0.25) is 5.79 Å². The number of hydrogen-bond donors (Lipinski definition) is 2. The van der Waals surface area contributed by atoms with Gasteiger partial charge in [-0.15, -0.1) is 0 Å². The van der Waals surface area contributed by atoms with E-state index in [0.717, 1.165) is 10.5 Å². The Balaban J connectivity index is 1.44. The van der Waals surface area contributed by atoms with E-state index in [1.165, 1.54) is 38.5 Å². The summed E-state index contributed by atoms with van der Waals surface area (Å²) < 4.78 is 36.2. The smallest absolute Gasteiger partial charge is 0.329 e. The second kappa shape index (κ2) is 24.6. The van der Waals surface area contributed by atoms with Crippen LogP contribution in [0.15, 0.2) is 47.6 Å². The normalized spacial score (nSPS) is 36.2. The number of amides is 1. The van der Waals surface area contributed by atoms with Gasteiger partial charge in [0.05, 0.1) is 35.4 Å². The Morgan fingerprint density at radius 2 is 1.65 bits per heavy atom. The number of piperidine rings is 1. The molecule has 0 aromatic heterocycles. The average molecular weight is 955 g/mol. The van der Waals surface area contributed by atoms with E-state index in [2.05, 4.69) is 0 Å². The fourth-order valence-electron chi connectivity index (χ4n) is 10.6. The van der Waals surface area contributed by atoms with Gasteiger partial charge in [0, 0.05) is 69.7 Å². The molecule has 14 atom stereocenters. The van der Waals surface area contributed by atoms with Gasteiger partial charge in [-0.1, -0.05) is 57.6 Å². The van der Waals surface area contributed by atoms with Crippen LogP contribution in [-0.4, -0.2) is 138 Å². The summed E-state index contributed by atoms with van der Waals surface area (Å²) in [6.07, 6.45) is 2.92. The maximum absolute atomic E-state index is 14.5. The molecule has 1 saturated carbocycles. The van der Waals surface area contributed by atoms with E-state index in [0.29, 0.717) is 56.9 Å². The van der Waals surface area contributed by atoms with E-state index in [9.17, 15) is 44.3 Å². The fourth-order valence-corrected chi connectivity index (χ4v) is 10.6. The number of rotatable bonds is 11. The average Bonchev–Trinajstić information content (AvgIpc) is 3.32. The van der Waals surface area contributed by atoms with Crippen molar-refractivity contribution in [1.29, 1.82) is 0 Å². The van der Waals surface area contributed by atoms with Crippen LogP contribution >= 0.6 is 0 Å². The van der Waals surface area contributed by atoms with Crippen molar-refractivity contribution in [1.82, 2.24) is 4.90 Å². The number of benzene rings is 1. The second-order valence-corrected chi connectivity index (χ2v) is 19.7. The van der Waals surface area contributed by atoms with Gasteiger partial charge in [-0.05, 0) is 95.5 Å². The Kier molecular flexibility index (Phi) is 19.8. The Hall–Kier alpha value is -4.23. The van der Waals surface area contributed by atoms with Crippen molar-refractivity contribution in [3.05, 3.63) is 63.2 Å². The van der Waals surface area contributed by atoms with E-state index in [-0.39, 0.29) is 61.3 Å². The third-order valence-corrected chi connectivity index (χ3v) is 14.7. The minimum absolute atomic E-state index is 0.000850. The summed E-state index contributed by atoms with van der Waals surface area (Å²) >= 11 is 0. The Morgan fingerprint density at radius 3 is 2.31 bits per heavy atom. The maximum Gasteiger partial charge on any atom is 0.329 e. The Labute approximate surface area is 400 Å². The van der Waals surface area contributed by atoms with E-state index < -0.39 is 101 Å². The molecule has 2 N–H and O–H groups in total. The number of esters is 1. The highest BCUT2D eigenvalue weighted by molar-refractivity contribution is 6.39. The van der Waals surface area contributed by atoms with Crippen LogP contribution in [0.25, 0.3) is 0 Å². The largest absolute Gasteiger partial charge is 0.456 e. The van der Waals surface area contributed by atoms with Gasteiger partial charge in [0.1, 0.15) is 30.6 Å². The summed E-state index contributed by atoms with van der Waals surface area (Å²) in [7, 11) is 4.58. The van der Waals surface area contributed by atoms with Gasteiger partial charge in [0.25, 0.3) is 17.4 Å². The first kappa shape index (κ1) is 54.7. The summed E-state index contributed by atoms with van der Waals surface area (Å²) in [6.45, 7) is 10.8. The monoisotopic (exact) mass is 955 g/mol. The minimum Gasteiger partial charge on any atom is -0.456 e. The molecule has 17 nitrogen and oxygen atoms in total. The number of ether oxygens (including phenoxy) is 6. The summed E-state index contributed by atoms with van der Waals surface area (Å²) in [5.41, 5.74) is 1.53.